The third-order valence-corrected chi connectivity index (χ3v) is 4.39. The van der Waals surface area contributed by atoms with Crippen molar-refractivity contribution in [1.82, 2.24) is 5.32 Å². The van der Waals surface area contributed by atoms with E-state index in [4.69, 9.17) is 10.00 Å². The van der Waals surface area contributed by atoms with Crippen molar-refractivity contribution in [3.8, 4) is 6.07 Å². The SMILES string of the molecule is Cc1ccsc1/C=C/C(=O)OCC(=O)N[C@@](C)(C#N)C(C)C. The molecule has 0 radical (unpaired) electrons. The second kappa shape index (κ2) is 7.76. The maximum atomic E-state index is 11.8. The molecular formula is C16H20N2O3S. The molecule has 0 aromatic carbocycles. The van der Waals surface area contributed by atoms with Crippen LogP contribution in [0, 0.1) is 24.2 Å². The number of nitriles is 1. The monoisotopic (exact) mass is 320 g/mol. The van der Waals surface area contributed by atoms with E-state index in [0.717, 1.165) is 10.4 Å². The molecule has 5 nitrogen and oxygen atoms in total. The lowest BCUT2D eigenvalue weighted by Gasteiger charge is -2.27. The first-order valence-electron chi connectivity index (χ1n) is 6.89. The number of nitrogens with zero attached hydrogens (tertiary/aromatic N) is 1. The van der Waals surface area contributed by atoms with Gasteiger partial charge in [0.15, 0.2) is 6.61 Å². The number of carbonyl (C=O) groups excluding carboxylic acids is 2. The van der Waals surface area contributed by atoms with Crippen molar-refractivity contribution >= 4 is 29.3 Å². The van der Waals surface area contributed by atoms with E-state index in [1.54, 1.807) is 13.0 Å². The third-order valence-electron chi connectivity index (χ3n) is 3.40. The summed E-state index contributed by atoms with van der Waals surface area (Å²) in [7, 11) is 0. The van der Waals surface area contributed by atoms with Crippen LogP contribution in [0.4, 0.5) is 0 Å². The van der Waals surface area contributed by atoms with Gasteiger partial charge in [-0.1, -0.05) is 13.8 Å². The van der Waals surface area contributed by atoms with E-state index in [1.165, 1.54) is 17.4 Å². The maximum absolute atomic E-state index is 11.8. The van der Waals surface area contributed by atoms with Crippen LogP contribution >= 0.6 is 11.3 Å². The zero-order valence-corrected chi connectivity index (χ0v) is 14.0. The fourth-order valence-corrected chi connectivity index (χ4v) is 2.33. The van der Waals surface area contributed by atoms with Gasteiger partial charge in [0.2, 0.25) is 0 Å². The van der Waals surface area contributed by atoms with Gasteiger partial charge in [0.05, 0.1) is 6.07 Å². The number of aryl methyl sites for hydroxylation is 1. The van der Waals surface area contributed by atoms with Gasteiger partial charge in [-0.2, -0.15) is 5.26 Å². The largest absolute Gasteiger partial charge is 0.452 e. The highest BCUT2D eigenvalue weighted by Gasteiger charge is 2.30. The minimum Gasteiger partial charge on any atom is -0.452 e. The number of ether oxygens (including phenoxy) is 1. The van der Waals surface area contributed by atoms with Crippen LogP contribution in [-0.4, -0.2) is 24.0 Å². The van der Waals surface area contributed by atoms with Crippen LogP contribution in [0.2, 0.25) is 0 Å². The number of hydrogen-bond donors (Lipinski definition) is 1. The molecule has 1 amide bonds. The molecule has 1 aromatic heterocycles. The fourth-order valence-electron chi connectivity index (χ4n) is 1.51. The Labute approximate surface area is 134 Å². The van der Waals surface area contributed by atoms with E-state index in [2.05, 4.69) is 11.4 Å². The summed E-state index contributed by atoms with van der Waals surface area (Å²) in [5.41, 5.74) is 0.0986. The van der Waals surface area contributed by atoms with Crippen LogP contribution in [0.1, 0.15) is 31.2 Å². The minimum atomic E-state index is -0.979. The molecule has 1 N–H and O–H groups in total. The molecule has 1 atom stereocenters. The van der Waals surface area contributed by atoms with Crippen LogP contribution in [0.15, 0.2) is 17.5 Å². The zero-order chi connectivity index (χ0) is 16.8. The average molecular weight is 320 g/mol. The van der Waals surface area contributed by atoms with E-state index < -0.39 is 24.0 Å². The molecule has 0 saturated carbocycles. The summed E-state index contributed by atoms with van der Waals surface area (Å²) in [5, 5.41) is 13.6. The second-order valence-corrected chi connectivity index (χ2v) is 6.37. The summed E-state index contributed by atoms with van der Waals surface area (Å²) < 4.78 is 4.87. The number of nitrogens with one attached hydrogen (secondary N) is 1. The molecule has 1 rings (SSSR count). The first-order chi connectivity index (χ1) is 10.3. The summed E-state index contributed by atoms with van der Waals surface area (Å²) in [4.78, 5) is 24.3. The van der Waals surface area contributed by atoms with Gasteiger partial charge in [-0.05, 0) is 42.9 Å². The van der Waals surface area contributed by atoms with Crippen molar-refractivity contribution in [2.24, 2.45) is 5.92 Å². The molecule has 0 aliphatic rings. The summed E-state index contributed by atoms with van der Waals surface area (Å²) in [6.07, 6.45) is 2.95. The molecule has 22 heavy (non-hydrogen) atoms. The Morgan fingerprint density at radius 3 is 2.73 bits per heavy atom. The normalized spacial score (nSPS) is 13.6. The van der Waals surface area contributed by atoms with Gasteiger partial charge in [0, 0.05) is 11.0 Å². The van der Waals surface area contributed by atoms with Gasteiger partial charge in [-0.3, -0.25) is 4.79 Å². The van der Waals surface area contributed by atoms with Crippen LogP contribution in [0.3, 0.4) is 0 Å². The number of amides is 1. The molecule has 0 bridgehead atoms. The summed E-state index contributed by atoms with van der Waals surface area (Å²) in [6, 6.07) is 4.02. The van der Waals surface area contributed by atoms with Crippen molar-refractivity contribution in [2.75, 3.05) is 6.61 Å². The van der Waals surface area contributed by atoms with Gasteiger partial charge in [0.25, 0.3) is 5.91 Å². The average Bonchev–Trinajstić information content (AvgIpc) is 2.87. The van der Waals surface area contributed by atoms with E-state index in [9.17, 15) is 9.59 Å². The molecule has 0 aliphatic carbocycles. The quantitative estimate of drug-likeness (QED) is 0.645. The van der Waals surface area contributed by atoms with Gasteiger partial charge >= 0.3 is 5.97 Å². The maximum Gasteiger partial charge on any atom is 0.331 e. The van der Waals surface area contributed by atoms with Gasteiger partial charge in [-0.25, -0.2) is 4.79 Å². The smallest absolute Gasteiger partial charge is 0.331 e. The molecule has 0 saturated heterocycles. The van der Waals surface area contributed by atoms with Crippen molar-refractivity contribution in [3.63, 3.8) is 0 Å². The molecule has 0 spiro atoms. The number of rotatable bonds is 6. The molecular weight excluding hydrogens is 300 g/mol. The predicted molar refractivity (Wildman–Crippen MR) is 86.0 cm³/mol. The zero-order valence-electron chi connectivity index (χ0n) is 13.2. The number of esters is 1. The third kappa shape index (κ3) is 5.01. The molecule has 0 unspecified atom stereocenters. The molecule has 0 fully saturated rings. The summed E-state index contributed by atoms with van der Waals surface area (Å²) in [6.45, 7) is 6.85. The van der Waals surface area contributed by atoms with Gasteiger partial charge in [0.1, 0.15) is 5.54 Å². The van der Waals surface area contributed by atoms with E-state index in [1.807, 2.05) is 32.2 Å². The summed E-state index contributed by atoms with van der Waals surface area (Å²) in [5.74, 6) is -1.14. The highest BCUT2D eigenvalue weighted by molar-refractivity contribution is 7.11. The van der Waals surface area contributed by atoms with Gasteiger partial charge < -0.3 is 10.1 Å². The summed E-state index contributed by atoms with van der Waals surface area (Å²) >= 11 is 1.52. The van der Waals surface area contributed by atoms with E-state index >= 15 is 0 Å². The van der Waals surface area contributed by atoms with Gasteiger partial charge in [-0.15, -0.1) is 11.3 Å². The number of carbonyl (C=O) groups is 2. The molecule has 0 aliphatic heterocycles. The Morgan fingerprint density at radius 1 is 1.55 bits per heavy atom. The van der Waals surface area contributed by atoms with Crippen molar-refractivity contribution in [3.05, 3.63) is 28.0 Å². The Balaban J connectivity index is 2.48. The van der Waals surface area contributed by atoms with E-state index in [0.29, 0.717) is 0 Å². The highest BCUT2D eigenvalue weighted by Crippen LogP contribution is 2.17. The Morgan fingerprint density at radius 2 is 2.23 bits per heavy atom. The lowest BCUT2D eigenvalue weighted by molar-refractivity contribution is -0.144. The lowest BCUT2D eigenvalue weighted by Crippen LogP contribution is -2.50. The predicted octanol–water partition coefficient (Wildman–Crippen LogP) is 2.67. The topological polar surface area (TPSA) is 79.2 Å². The van der Waals surface area contributed by atoms with E-state index in [-0.39, 0.29) is 5.92 Å². The molecule has 1 heterocycles. The fraction of sp³-hybridized carbons (Fsp3) is 0.438. The van der Waals surface area contributed by atoms with Crippen LogP contribution in [0.5, 0.6) is 0 Å². The van der Waals surface area contributed by atoms with Crippen LogP contribution in [-0.2, 0) is 14.3 Å². The number of thiophene rings is 1. The highest BCUT2D eigenvalue weighted by atomic mass is 32.1. The Bertz CT molecular complexity index is 613. The standard InChI is InChI=1S/C16H20N2O3S/c1-11(2)16(4,10-17)18-14(19)9-21-15(20)6-5-13-12(3)7-8-22-13/h5-8,11H,9H2,1-4H3,(H,18,19)/b6-5+/t16-/m0/s1. The molecule has 1 aromatic rings. The number of hydrogen-bond acceptors (Lipinski definition) is 5. The van der Waals surface area contributed by atoms with Crippen LogP contribution in [0.25, 0.3) is 6.08 Å². The second-order valence-electron chi connectivity index (χ2n) is 5.43. The Kier molecular flexibility index (Phi) is 6.32. The minimum absolute atomic E-state index is 0.0566. The molecule has 6 heteroatoms. The van der Waals surface area contributed by atoms with Crippen molar-refractivity contribution < 1.29 is 14.3 Å². The Hall–Kier alpha value is -2.13. The first kappa shape index (κ1) is 17.9. The first-order valence-corrected chi connectivity index (χ1v) is 7.77. The lowest BCUT2D eigenvalue weighted by atomic mass is 9.90. The van der Waals surface area contributed by atoms with Crippen LogP contribution < -0.4 is 5.32 Å². The molecule has 118 valence electrons. The van der Waals surface area contributed by atoms with Crippen molar-refractivity contribution in [1.29, 1.82) is 5.26 Å². The van der Waals surface area contributed by atoms with Crippen molar-refractivity contribution in [2.45, 2.75) is 33.2 Å².